The molecule has 204 valence electrons. The van der Waals surface area contributed by atoms with Crippen LogP contribution < -0.4 is 16.7 Å². The van der Waals surface area contributed by atoms with Crippen LogP contribution in [0.1, 0.15) is 73.5 Å². The second kappa shape index (κ2) is 10.0. The van der Waals surface area contributed by atoms with Gasteiger partial charge in [-0.3, -0.25) is 14.3 Å². The van der Waals surface area contributed by atoms with Gasteiger partial charge >= 0.3 is 5.69 Å². The number of likely N-dealkylation sites (tertiary alicyclic amines) is 1. The monoisotopic (exact) mass is 538 g/mol. The fourth-order valence-electron chi connectivity index (χ4n) is 5.21. The normalized spacial score (nSPS) is 17.7. The number of rotatable bonds is 6. The number of hydrogen-bond donors (Lipinski definition) is 2. The lowest BCUT2D eigenvalue weighted by Gasteiger charge is -2.38. The number of nitrogens with zero attached hydrogens (tertiary/aromatic N) is 4. The number of carbonyl (C=O) groups is 1. The first-order valence-corrected chi connectivity index (χ1v) is 12.8. The molecule has 8 nitrogen and oxygen atoms in total. The molecule has 2 aromatic heterocycles. The van der Waals surface area contributed by atoms with Crippen LogP contribution in [0, 0.1) is 18.2 Å². The van der Waals surface area contributed by atoms with Gasteiger partial charge in [-0.25, -0.2) is 18.0 Å². The third-order valence-electron chi connectivity index (χ3n) is 7.73. The SMILES string of the molecule is C#C[C@@H](Nc1nc(=O)n(C)c2c(C3CC3)nc(C3(N)CCN(C(C)=O)CC3)cc12)c1cccc(C(F)F)c1F. The summed E-state index contributed by atoms with van der Waals surface area (Å²) < 4.78 is 43.1. The van der Waals surface area contributed by atoms with Crippen molar-refractivity contribution in [2.75, 3.05) is 18.4 Å². The number of hydrogen-bond acceptors (Lipinski definition) is 6. The molecule has 0 bridgehead atoms. The van der Waals surface area contributed by atoms with Crippen molar-refractivity contribution >= 4 is 22.6 Å². The fraction of sp³-hybridized carbons (Fsp3) is 0.429. The van der Waals surface area contributed by atoms with E-state index in [4.69, 9.17) is 17.1 Å². The van der Waals surface area contributed by atoms with Gasteiger partial charge in [0.05, 0.1) is 28.0 Å². The van der Waals surface area contributed by atoms with Gasteiger partial charge in [0.15, 0.2) is 0 Å². The largest absolute Gasteiger partial charge is 0.352 e. The molecule has 0 unspecified atom stereocenters. The molecular weight excluding hydrogens is 509 g/mol. The second-order valence-electron chi connectivity index (χ2n) is 10.3. The zero-order valence-electron chi connectivity index (χ0n) is 21.7. The molecule has 1 saturated heterocycles. The smallest absolute Gasteiger partial charge is 0.349 e. The summed E-state index contributed by atoms with van der Waals surface area (Å²) in [4.78, 5) is 35.6. The van der Waals surface area contributed by atoms with Crippen LogP contribution in [-0.4, -0.2) is 38.4 Å². The number of benzene rings is 1. The van der Waals surface area contributed by atoms with Crippen molar-refractivity contribution in [2.24, 2.45) is 12.8 Å². The van der Waals surface area contributed by atoms with Gasteiger partial charge in [-0.05, 0) is 31.7 Å². The number of nitrogens with two attached hydrogens (primary N) is 1. The minimum Gasteiger partial charge on any atom is -0.352 e. The Labute approximate surface area is 223 Å². The van der Waals surface area contributed by atoms with Crippen LogP contribution in [0.15, 0.2) is 29.1 Å². The van der Waals surface area contributed by atoms with E-state index < -0.39 is 35.1 Å². The number of halogens is 3. The molecule has 3 heterocycles. The molecule has 2 fully saturated rings. The van der Waals surface area contributed by atoms with E-state index in [2.05, 4.69) is 16.2 Å². The van der Waals surface area contributed by atoms with Crippen LogP contribution in [0.5, 0.6) is 0 Å². The lowest BCUT2D eigenvalue weighted by atomic mass is 9.84. The van der Waals surface area contributed by atoms with E-state index in [1.54, 1.807) is 18.0 Å². The quantitative estimate of drug-likeness (QED) is 0.462. The summed E-state index contributed by atoms with van der Waals surface area (Å²) in [6, 6.07) is 4.21. The van der Waals surface area contributed by atoms with Gasteiger partial charge in [-0.1, -0.05) is 24.1 Å². The molecule has 1 aliphatic heterocycles. The Morgan fingerprint density at radius 3 is 2.49 bits per heavy atom. The Morgan fingerprint density at radius 1 is 1.23 bits per heavy atom. The Bertz CT molecular complexity index is 1550. The van der Waals surface area contributed by atoms with Gasteiger partial charge in [0.1, 0.15) is 17.7 Å². The number of anilines is 1. The molecule has 1 atom stereocenters. The number of pyridine rings is 1. The van der Waals surface area contributed by atoms with Crippen molar-refractivity contribution in [1.29, 1.82) is 0 Å². The summed E-state index contributed by atoms with van der Waals surface area (Å²) in [5.74, 6) is 1.50. The van der Waals surface area contributed by atoms with Crippen LogP contribution in [0.3, 0.4) is 0 Å². The van der Waals surface area contributed by atoms with Crippen LogP contribution in [-0.2, 0) is 17.4 Å². The molecule has 5 rings (SSSR count). The average Bonchev–Trinajstić information content (AvgIpc) is 3.75. The first kappa shape index (κ1) is 26.7. The third kappa shape index (κ3) is 4.85. The van der Waals surface area contributed by atoms with E-state index in [0.29, 0.717) is 42.5 Å². The molecule has 11 heteroatoms. The van der Waals surface area contributed by atoms with E-state index in [-0.39, 0.29) is 23.2 Å². The predicted octanol–water partition coefficient (Wildman–Crippen LogP) is 3.87. The Kier molecular flexibility index (Phi) is 6.84. The van der Waals surface area contributed by atoms with E-state index in [1.165, 1.54) is 23.6 Å². The van der Waals surface area contributed by atoms with E-state index in [9.17, 15) is 22.8 Å². The summed E-state index contributed by atoms with van der Waals surface area (Å²) in [7, 11) is 1.60. The minimum atomic E-state index is -3.02. The highest BCUT2D eigenvalue weighted by atomic mass is 19.3. The summed E-state index contributed by atoms with van der Waals surface area (Å²) in [6.45, 7) is 2.49. The van der Waals surface area contributed by atoms with Crippen LogP contribution in [0.4, 0.5) is 19.0 Å². The van der Waals surface area contributed by atoms with Gasteiger partial charge in [0.2, 0.25) is 5.91 Å². The molecule has 1 aromatic carbocycles. The van der Waals surface area contributed by atoms with Gasteiger partial charge in [0.25, 0.3) is 6.43 Å². The van der Waals surface area contributed by atoms with Crippen LogP contribution in [0.2, 0.25) is 0 Å². The topological polar surface area (TPSA) is 106 Å². The van der Waals surface area contributed by atoms with Crippen molar-refractivity contribution in [1.82, 2.24) is 19.4 Å². The summed E-state index contributed by atoms with van der Waals surface area (Å²) in [6.07, 6.45) is 5.49. The number of piperidine rings is 1. The zero-order chi connectivity index (χ0) is 28.1. The van der Waals surface area contributed by atoms with Gasteiger partial charge in [0, 0.05) is 43.9 Å². The Balaban J connectivity index is 1.64. The highest BCUT2D eigenvalue weighted by molar-refractivity contribution is 5.92. The number of fused-ring (bicyclic) bond motifs is 1. The maximum Gasteiger partial charge on any atom is 0.349 e. The number of aryl methyl sites for hydroxylation is 1. The van der Waals surface area contributed by atoms with Crippen LogP contribution in [0.25, 0.3) is 10.9 Å². The van der Waals surface area contributed by atoms with Crippen molar-refractivity contribution in [3.63, 3.8) is 0 Å². The first-order valence-electron chi connectivity index (χ1n) is 12.8. The Morgan fingerprint density at radius 2 is 1.90 bits per heavy atom. The number of alkyl halides is 2. The Hall–Kier alpha value is -3.91. The van der Waals surface area contributed by atoms with Gasteiger partial charge < -0.3 is 16.0 Å². The molecule has 1 aliphatic carbocycles. The van der Waals surface area contributed by atoms with Crippen molar-refractivity contribution in [3.8, 4) is 12.3 Å². The summed E-state index contributed by atoms with van der Waals surface area (Å²) >= 11 is 0. The summed E-state index contributed by atoms with van der Waals surface area (Å²) in [5.41, 5.74) is 6.43. The first-order chi connectivity index (χ1) is 18.5. The zero-order valence-corrected chi connectivity index (χ0v) is 21.7. The highest BCUT2D eigenvalue weighted by Crippen LogP contribution is 2.44. The highest BCUT2D eigenvalue weighted by Gasteiger charge is 2.37. The maximum absolute atomic E-state index is 15.0. The van der Waals surface area contributed by atoms with E-state index in [1.807, 2.05) is 0 Å². The average molecular weight is 539 g/mol. The lowest BCUT2D eigenvalue weighted by molar-refractivity contribution is -0.130. The molecule has 39 heavy (non-hydrogen) atoms. The molecular formula is C28H29F3N6O2. The van der Waals surface area contributed by atoms with E-state index >= 15 is 0 Å². The molecule has 0 radical (unpaired) electrons. The molecule has 0 spiro atoms. The van der Waals surface area contributed by atoms with Crippen molar-refractivity contribution in [3.05, 3.63) is 63.1 Å². The molecule has 1 saturated carbocycles. The second-order valence-corrected chi connectivity index (χ2v) is 10.3. The van der Waals surface area contributed by atoms with Crippen molar-refractivity contribution in [2.45, 2.75) is 56.5 Å². The third-order valence-corrected chi connectivity index (χ3v) is 7.73. The standard InChI is InChI=1S/C28H29F3N6O2/c1-4-20(17-6-5-7-18(22(17)29)25(30)31)33-26-19-14-21(28(32)10-12-37(13-11-28)15(2)38)34-23(16-8-9-16)24(19)36(3)27(39)35-26/h1,5-7,14,16,20,25H,8-13,32H2,2-3H3,(H,33,35,39)/t20-/m1/s1. The fourth-order valence-corrected chi connectivity index (χ4v) is 5.21. The van der Waals surface area contributed by atoms with Crippen LogP contribution >= 0.6 is 0 Å². The molecule has 1 amide bonds. The lowest BCUT2D eigenvalue weighted by Crippen LogP contribution is -2.49. The van der Waals surface area contributed by atoms with Gasteiger partial charge in [-0.15, -0.1) is 6.42 Å². The number of terminal acetylenes is 1. The number of carbonyl (C=O) groups excluding carboxylic acids is 1. The molecule has 2 aliphatic rings. The molecule has 3 aromatic rings. The minimum absolute atomic E-state index is 0.0173. The van der Waals surface area contributed by atoms with Gasteiger partial charge in [-0.2, -0.15) is 4.98 Å². The maximum atomic E-state index is 15.0. The number of amides is 1. The predicted molar refractivity (Wildman–Crippen MR) is 141 cm³/mol. The number of nitrogens with one attached hydrogen (secondary N) is 1. The van der Waals surface area contributed by atoms with E-state index in [0.717, 1.165) is 24.6 Å². The molecule has 3 N–H and O–H groups in total. The number of aromatic nitrogens is 3. The van der Waals surface area contributed by atoms with Crippen molar-refractivity contribution < 1.29 is 18.0 Å². The summed E-state index contributed by atoms with van der Waals surface area (Å²) in [5, 5.41) is 3.47.